The molecule has 0 unspecified atom stereocenters. The van der Waals surface area contributed by atoms with Crippen LogP contribution >= 0.6 is 23.4 Å². The molecule has 0 saturated carbocycles. The van der Waals surface area contributed by atoms with Crippen molar-refractivity contribution >= 4 is 35.0 Å². The second-order valence-corrected chi connectivity index (χ2v) is 7.01. The predicted octanol–water partition coefficient (Wildman–Crippen LogP) is 5.66. The first-order valence-corrected chi connectivity index (χ1v) is 9.38. The standard InChI is InChI=1S/C21H18ClNOS/c22-18-11-5-7-13-20(18)25-15-21(24)23-19-12-6-4-10-17(19)14-16-8-2-1-3-9-16/h1-13H,14-15H2,(H,23,24). The summed E-state index contributed by atoms with van der Waals surface area (Å²) >= 11 is 7.57. The van der Waals surface area contributed by atoms with Crippen molar-refractivity contribution in [1.29, 1.82) is 0 Å². The van der Waals surface area contributed by atoms with Gasteiger partial charge in [0.2, 0.25) is 5.91 Å². The van der Waals surface area contributed by atoms with Gasteiger partial charge in [0.05, 0.1) is 10.8 Å². The number of hydrogen-bond donors (Lipinski definition) is 1. The van der Waals surface area contributed by atoms with Crippen molar-refractivity contribution in [1.82, 2.24) is 0 Å². The summed E-state index contributed by atoms with van der Waals surface area (Å²) < 4.78 is 0. The maximum atomic E-state index is 12.3. The smallest absolute Gasteiger partial charge is 0.234 e. The molecule has 0 atom stereocenters. The highest BCUT2D eigenvalue weighted by Crippen LogP contribution is 2.27. The molecule has 3 aromatic carbocycles. The molecule has 0 aliphatic heterocycles. The number of thioether (sulfide) groups is 1. The molecule has 0 spiro atoms. The number of anilines is 1. The molecule has 0 aliphatic carbocycles. The predicted molar refractivity (Wildman–Crippen MR) is 106 cm³/mol. The van der Waals surface area contributed by atoms with E-state index in [4.69, 9.17) is 11.6 Å². The Balaban J connectivity index is 1.64. The molecule has 25 heavy (non-hydrogen) atoms. The molecule has 3 rings (SSSR count). The normalized spacial score (nSPS) is 10.4. The highest BCUT2D eigenvalue weighted by atomic mass is 35.5. The quantitative estimate of drug-likeness (QED) is 0.569. The summed E-state index contributed by atoms with van der Waals surface area (Å²) in [6, 6.07) is 25.7. The highest BCUT2D eigenvalue weighted by Gasteiger charge is 2.09. The topological polar surface area (TPSA) is 29.1 Å². The van der Waals surface area contributed by atoms with E-state index in [1.54, 1.807) is 0 Å². The van der Waals surface area contributed by atoms with E-state index in [0.29, 0.717) is 10.8 Å². The van der Waals surface area contributed by atoms with Crippen molar-refractivity contribution in [3.8, 4) is 0 Å². The van der Waals surface area contributed by atoms with Gasteiger partial charge in [-0.05, 0) is 35.7 Å². The van der Waals surface area contributed by atoms with Gasteiger partial charge in [-0.15, -0.1) is 11.8 Å². The number of halogens is 1. The first-order chi connectivity index (χ1) is 12.2. The van der Waals surface area contributed by atoms with Crippen LogP contribution in [0.2, 0.25) is 5.02 Å². The Labute approximate surface area is 157 Å². The largest absolute Gasteiger partial charge is 0.325 e. The summed E-state index contributed by atoms with van der Waals surface area (Å²) in [5.41, 5.74) is 3.18. The minimum atomic E-state index is -0.0366. The molecule has 0 saturated heterocycles. The van der Waals surface area contributed by atoms with E-state index in [1.165, 1.54) is 17.3 Å². The Hall–Kier alpha value is -2.23. The van der Waals surface area contributed by atoms with Crippen LogP contribution in [0.1, 0.15) is 11.1 Å². The maximum Gasteiger partial charge on any atom is 0.234 e. The molecule has 0 fully saturated rings. The Bertz CT molecular complexity index is 851. The van der Waals surface area contributed by atoms with Crippen LogP contribution in [0.4, 0.5) is 5.69 Å². The summed E-state index contributed by atoms with van der Waals surface area (Å²) in [7, 11) is 0. The van der Waals surface area contributed by atoms with Crippen molar-refractivity contribution in [2.75, 3.05) is 11.1 Å². The molecular formula is C21H18ClNOS. The fraction of sp³-hybridized carbons (Fsp3) is 0.0952. The summed E-state index contributed by atoms with van der Waals surface area (Å²) in [6.07, 6.45) is 0.787. The van der Waals surface area contributed by atoms with Crippen LogP contribution in [-0.4, -0.2) is 11.7 Å². The van der Waals surface area contributed by atoms with Crippen LogP contribution in [0, 0.1) is 0 Å². The van der Waals surface area contributed by atoms with Gasteiger partial charge in [-0.25, -0.2) is 0 Å². The number of carbonyl (C=O) groups is 1. The van der Waals surface area contributed by atoms with Gasteiger partial charge in [-0.1, -0.05) is 72.3 Å². The second kappa shape index (κ2) is 8.75. The Morgan fingerprint density at radius 1 is 0.880 bits per heavy atom. The van der Waals surface area contributed by atoms with Gasteiger partial charge in [0.25, 0.3) is 0 Å². The number of amides is 1. The van der Waals surface area contributed by atoms with Gasteiger partial charge in [-0.2, -0.15) is 0 Å². The zero-order valence-corrected chi connectivity index (χ0v) is 15.2. The van der Waals surface area contributed by atoms with Gasteiger partial charge in [-0.3, -0.25) is 4.79 Å². The van der Waals surface area contributed by atoms with Crippen LogP contribution < -0.4 is 5.32 Å². The lowest BCUT2D eigenvalue weighted by Gasteiger charge is -2.11. The van der Waals surface area contributed by atoms with Crippen LogP contribution in [0.25, 0.3) is 0 Å². The number of carbonyl (C=O) groups excluding carboxylic acids is 1. The van der Waals surface area contributed by atoms with Gasteiger partial charge in [0.15, 0.2) is 0 Å². The fourth-order valence-corrected chi connectivity index (χ4v) is 3.54. The highest BCUT2D eigenvalue weighted by molar-refractivity contribution is 8.00. The van der Waals surface area contributed by atoms with Crippen LogP contribution in [0.15, 0.2) is 83.8 Å². The first kappa shape index (κ1) is 17.6. The van der Waals surface area contributed by atoms with Crippen molar-refractivity contribution in [3.63, 3.8) is 0 Å². The zero-order chi connectivity index (χ0) is 17.5. The SMILES string of the molecule is O=C(CSc1ccccc1Cl)Nc1ccccc1Cc1ccccc1. The van der Waals surface area contributed by atoms with E-state index < -0.39 is 0 Å². The Morgan fingerprint density at radius 3 is 2.36 bits per heavy atom. The molecular weight excluding hydrogens is 350 g/mol. The van der Waals surface area contributed by atoms with Crippen molar-refractivity contribution < 1.29 is 4.79 Å². The lowest BCUT2D eigenvalue weighted by molar-refractivity contribution is -0.113. The first-order valence-electron chi connectivity index (χ1n) is 8.01. The lowest BCUT2D eigenvalue weighted by atomic mass is 10.0. The third-order valence-electron chi connectivity index (χ3n) is 3.72. The molecule has 1 amide bonds. The zero-order valence-electron chi connectivity index (χ0n) is 13.6. The van der Waals surface area contributed by atoms with Crippen LogP contribution in [0.5, 0.6) is 0 Å². The van der Waals surface area contributed by atoms with E-state index in [9.17, 15) is 4.79 Å². The van der Waals surface area contributed by atoms with E-state index in [-0.39, 0.29) is 5.91 Å². The van der Waals surface area contributed by atoms with E-state index >= 15 is 0 Å². The molecule has 0 aliphatic rings. The third-order valence-corrected chi connectivity index (χ3v) is 5.24. The van der Waals surface area contributed by atoms with Gasteiger partial charge >= 0.3 is 0 Å². The Morgan fingerprint density at radius 2 is 1.56 bits per heavy atom. The van der Waals surface area contributed by atoms with Crippen molar-refractivity contribution in [3.05, 3.63) is 95.0 Å². The number of benzene rings is 3. The third kappa shape index (κ3) is 5.12. The summed E-state index contributed by atoms with van der Waals surface area (Å²) in [4.78, 5) is 13.2. The number of rotatable bonds is 6. The van der Waals surface area contributed by atoms with Crippen LogP contribution in [-0.2, 0) is 11.2 Å². The summed E-state index contributed by atoms with van der Waals surface area (Å²) in [5, 5.41) is 3.69. The lowest BCUT2D eigenvalue weighted by Crippen LogP contribution is -2.15. The van der Waals surface area contributed by atoms with E-state index in [0.717, 1.165) is 22.6 Å². The molecule has 3 aromatic rings. The number of hydrogen-bond acceptors (Lipinski definition) is 2. The monoisotopic (exact) mass is 367 g/mol. The second-order valence-electron chi connectivity index (χ2n) is 5.59. The minimum absolute atomic E-state index is 0.0366. The molecule has 4 heteroatoms. The minimum Gasteiger partial charge on any atom is -0.325 e. The number of nitrogens with one attached hydrogen (secondary N) is 1. The molecule has 0 bridgehead atoms. The van der Waals surface area contributed by atoms with E-state index in [2.05, 4.69) is 17.4 Å². The van der Waals surface area contributed by atoms with Crippen molar-refractivity contribution in [2.45, 2.75) is 11.3 Å². The molecule has 126 valence electrons. The summed E-state index contributed by atoms with van der Waals surface area (Å²) in [5.74, 6) is 0.286. The maximum absolute atomic E-state index is 12.3. The number of para-hydroxylation sites is 1. The molecule has 0 aromatic heterocycles. The average molecular weight is 368 g/mol. The molecule has 0 radical (unpaired) electrons. The van der Waals surface area contributed by atoms with E-state index in [1.807, 2.05) is 66.7 Å². The van der Waals surface area contributed by atoms with Crippen LogP contribution in [0.3, 0.4) is 0 Å². The van der Waals surface area contributed by atoms with Crippen molar-refractivity contribution in [2.24, 2.45) is 0 Å². The Kier molecular flexibility index (Phi) is 6.15. The van der Waals surface area contributed by atoms with Gasteiger partial charge < -0.3 is 5.32 Å². The summed E-state index contributed by atoms with van der Waals surface area (Å²) in [6.45, 7) is 0. The van der Waals surface area contributed by atoms with Gasteiger partial charge in [0, 0.05) is 10.6 Å². The average Bonchev–Trinajstić information content (AvgIpc) is 2.64. The van der Waals surface area contributed by atoms with Gasteiger partial charge in [0.1, 0.15) is 0 Å². The fourth-order valence-electron chi connectivity index (χ4n) is 2.50. The molecule has 2 nitrogen and oxygen atoms in total. The molecule has 0 heterocycles. The molecule has 1 N–H and O–H groups in total.